The summed E-state index contributed by atoms with van der Waals surface area (Å²) in [5.74, 6) is 1.20. The van der Waals surface area contributed by atoms with E-state index in [2.05, 4.69) is 57.6 Å². The molecule has 0 bridgehead atoms. The predicted octanol–water partition coefficient (Wildman–Crippen LogP) is 4.11. The molecule has 3 aromatic rings. The van der Waals surface area contributed by atoms with Crippen molar-refractivity contribution in [3.05, 3.63) is 53.9 Å². The minimum atomic E-state index is 0.429. The summed E-state index contributed by atoms with van der Waals surface area (Å²) in [6, 6.07) is 12.5. The van der Waals surface area contributed by atoms with E-state index in [4.69, 9.17) is 4.74 Å². The normalized spacial score (nSPS) is 14.5. The van der Waals surface area contributed by atoms with Crippen LogP contribution in [0.25, 0.3) is 10.9 Å². The summed E-state index contributed by atoms with van der Waals surface area (Å²) < 4.78 is 5.40. The molecule has 0 aliphatic carbocycles. The Labute approximate surface area is 183 Å². The van der Waals surface area contributed by atoms with Crippen molar-refractivity contribution < 1.29 is 4.74 Å². The van der Waals surface area contributed by atoms with E-state index < -0.39 is 0 Å². The van der Waals surface area contributed by atoms with Gasteiger partial charge in [-0.05, 0) is 29.7 Å². The largest absolute Gasteiger partial charge is 0.379 e. The Hall–Kier alpha value is -3.21. The van der Waals surface area contributed by atoms with E-state index in [0.717, 1.165) is 67.5 Å². The number of fused-ring (bicyclic) bond motifs is 1. The second-order valence-corrected chi connectivity index (χ2v) is 8.03. The zero-order chi connectivity index (χ0) is 21.6. The molecule has 0 spiro atoms. The summed E-state index contributed by atoms with van der Waals surface area (Å²) in [5.41, 5.74) is 4.21. The lowest BCUT2D eigenvalue weighted by Gasteiger charge is -2.26. The molecule has 160 valence electrons. The van der Waals surface area contributed by atoms with Crippen molar-refractivity contribution in [1.82, 2.24) is 14.9 Å². The van der Waals surface area contributed by atoms with Crippen molar-refractivity contribution in [2.75, 3.05) is 50.0 Å². The molecular weight excluding hydrogens is 388 g/mol. The van der Waals surface area contributed by atoms with E-state index in [1.165, 1.54) is 5.56 Å². The number of ether oxygens (including phenoxy) is 1. The first-order valence-corrected chi connectivity index (χ1v) is 10.7. The Morgan fingerprint density at radius 2 is 2.00 bits per heavy atom. The van der Waals surface area contributed by atoms with Crippen LogP contribution in [0.3, 0.4) is 0 Å². The molecule has 0 radical (unpaired) electrons. The maximum Gasteiger partial charge on any atom is 0.126 e. The summed E-state index contributed by atoms with van der Waals surface area (Å²) in [4.78, 5) is 11.3. The number of benzene rings is 1. The highest BCUT2D eigenvalue weighted by Crippen LogP contribution is 2.30. The topological polar surface area (TPSA) is 86.1 Å². The number of morpholine rings is 1. The van der Waals surface area contributed by atoms with Crippen molar-refractivity contribution >= 4 is 28.1 Å². The van der Waals surface area contributed by atoms with Crippen molar-refractivity contribution in [1.29, 1.82) is 5.26 Å². The molecule has 1 fully saturated rings. The van der Waals surface area contributed by atoms with Gasteiger partial charge in [-0.25, -0.2) is 4.98 Å². The van der Waals surface area contributed by atoms with Gasteiger partial charge in [0.15, 0.2) is 0 Å². The zero-order valence-corrected chi connectivity index (χ0v) is 18.1. The summed E-state index contributed by atoms with van der Waals surface area (Å²) in [5, 5.41) is 17.4. The quantitative estimate of drug-likeness (QED) is 0.599. The van der Waals surface area contributed by atoms with Gasteiger partial charge < -0.3 is 15.4 Å². The molecule has 0 amide bonds. The number of nitrogens with one attached hydrogen (secondary N) is 2. The number of hydrogen-bond donors (Lipinski definition) is 2. The molecule has 0 atom stereocenters. The minimum absolute atomic E-state index is 0.429. The third-order valence-electron chi connectivity index (χ3n) is 5.54. The van der Waals surface area contributed by atoms with Gasteiger partial charge in [0, 0.05) is 43.4 Å². The van der Waals surface area contributed by atoms with Crippen LogP contribution in [0.2, 0.25) is 0 Å². The third kappa shape index (κ3) is 5.10. The summed E-state index contributed by atoms with van der Waals surface area (Å²) in [6.45, 7) is 9.59. The number of aromatic nitrogens is 2. The number of pyridine rings is 2. The van der Waals surface area contributed by atoms with E-state index in [0.29, 0.717) is 11.5 Å². The van der Waals surface area contributed by atoms with E-state index in [-0.39, 0.29) is 0 Å². The van der Waals surface area contributed by atoms with Gasteiger partial charge in [-0.3, -0.25) is 9.88 Å². The van der Waals surface area contributed by atoms with Gasteiger partial charge in [0.2, 0.25) is 0 Å². The number of nitriles is 1. The molecule has 0 saturated carbocycles. The lowest BCUT2D eigenvalue weighted by Crippen LogP contribution is -2.39. The molecule has 1 aliphatic rings. The van der Waals surface area contributed by atoms with Gasteiger partial charge >= 0.3 is 0 Å². The molecule has 0 unspecified atom stereocenters. The Bertz CT molecular complexity index is 1090. The second-order valence-electron chi connectivity index (χ2n) is 8.03. The van der Waals surface area contributed by atoms with Crippen LogP contribution in [0.15, 0.2) is 42.7 Å². The molecule has 1 aliphatic heterocycles. The van der Waals surface area contributed by atoms with Crippen LogP contribution >= 0.6 is 0 Å². The fraction of sp³-hybridized carbons (Fsp3) is 0.375. The number of anilines is 3. The molecule has 2 aromatic heterocycles. The Morgan fingerprint density at radius 3 is 2.77 bits per heavy atom. The van der Waals surface area contributed by atoms with Crippen molar-refractivity contribution in [3.8, 4) is 6.07 Å². The first kappa shape index (κ1) is 21.0. The van der Waals surface area contributed by atoms with Crippen LogP contribution in [0.1, 0.15) is 30.9 Å². The van der Waals surface area contributed by atoms with Crippen LogP contribution in [-0.2, 0) is 4.74 Å². The van der Waals surface area contributed by atoms with Gasteiger partial charge in [-0.2, -0.15) is 5.26 Å². The molecular formula is C24H28N6O. The molecule has 4 rings (SSSR count). The standard InChI is InChI=1S/C24H28N6O/c1-17(2)18-4-3-5-20(12-18)29-24-19(14-25)15-27-22-16-28-23(13-21(22)24)26-6-7-30-8-10-31-11-9-30/h3-5,12-13,15-17H,6-11H2,1-2H3,(H,26,28)(H,27,29). The molecule has 7 heteroatoms. The van der Waals surface area contributed by atoms with Gasteiger partial charge in [0.25, 0.3) is 0 Å². The maximum absolute atomic E-state index is 9.68. The highest BCUT2D eigenvalue weighted by molar-refractivity contribution is 5.96. The van der Waals surface area contributed by atoms with E-state index in [1.54, 1.807) is 12.4 Å². The first-order valence-electron chi connectivity index (χ1n) is 10.7. The molecule has 1 aromatic carbocycles. The second kappa shape index (κ2) is 9.73. The van der Waals surface area contributed by atoms with Crippen LogP contribution in [0, 0.1) is 11.3 Å². The number of nitrogens with zero attached hydrogens (tertiary/aromatic N) is 4. The molecule has 31 heavy (non-hydrogen) atoms. The highest BCUT2D eigenvalue weighted by Gasteiger charge is 2.13. The Balaban J connectivity index is 1.58. The lowest BCUT2D eigenvalue weighted by atomic mass is 10.0. The number of rotatable bonds is 7. The van der Waals surface area contributed by atoms with Gasteiger partial charge in [-0.15, -0.1) is 0 Å². The SMILES string of the molecule is CC(C)c1cccc(Nc2c(C#N)cnc3cnc(NCCN4CCOCC4)cc23)c1. The van der Waals surface area contributed by atoms with E-state index in [1.807, 2.05) is 18.2 Å². The lowest BCUT2D eigenvalue weighted by molar-refractivity contribution is 0.0398. The monoisotopic (exact) mass is 416 g/mol. The fourth-order valence-corrected chi connectivity index (χ4v) is 3.70. The van der Waals surface area contributed by atoms with Gasteiger partial charge in [0.1, 0.15) is 11.9 Å². The average molecular weight is 417 g/mol. The Kier molecular flexibility index (Phi) is 6.60. The van der Waals surface area contributed by atoms with E-state index in [9.17, 15) is 5.26 Å². The molecule has 3 heterocycles. The van der Waals surface area contributed by atoms with Crippen LogP contribution in [0.4, 0.5) is 17.2 Å². The van der Waals surface area contributed by atoms with Gasteiger partial charge in [-0.1, -0.05) is 26.0 Å². The molecule has 2 N–H and O–H groups in total. The first-order chi connectivity index (χ1) is 15.1. The number of hydrogen-bond acceptors (Lipinski definition) is 7. The summed E-state index contributed by atoms with van der Waals surface area (Å²) in [6.07, 6.45) is 3.35. The van der Waals surface area contributed by atoms with Crippen molar-refractivity contribution in [3.63, 3.8) is 0 Å². The van der Waals surface area contributed by atoms with Gasteiger partial charge in [0.05, 0.1) is 36.2 Å². The predicted molar refractivity (Wildman–Crippen MR) is 124 cm³/mol. The minimum Gasteiger partial charge on any atom is -0.379 e. The van der Waals surface area contributed by atoms with Crippen molar-refractivity contribution in [2.24, 2.45) is 0 Å². The average Bonchev–Trinajstić information content (AvgIpc) is 2.80. The zero-order valence-electron chi connectivity index (χ0n) is 18.1. The molecule has 1 saturated heterocycles. The van der Waals surface area contributed by atoms with Crippen LogP contribution in [0.5, 0.6) is 0 Å². The smallest absolute Gasteiger partial charge is 0.126 e. The Morgan fingerprint density at radius 1 is 1.16 bits per heavy atom. The van der Waals surface area contributed by atoms with Crippen LogP contribution < -0.4 is 10.6 Å². The van der Waals surface area contributed by atoms with E-state index >= 15 is 0 Å². The fourth-order valence-electron chi connectivity index (χ4n) is 3.70. The maximum atomic E-state index is 9.68. The molecule has 7 nitrogen and oxygen atoms in total. The summed E-state index contributed by atoms with van der Waals surface area (Å²) in [7, 11) is 0. The highest BCUT2D eigenvalue weighted by atomic mass is 16.5. The third-order valence-corrected chi connectivity index (χ3v) is 5.54. The summed E-state index contributed by atoms with van der Waals surface area (Å²) >= 11 is 0. The van der Waals surface area contributed by atoms with Crippen molar-refractivity contribution in [2.45, 2.75) is 19.8 Å². The van der Waals surface area contributed by atoms with Crippen LogP contribution in [-0.4, -0.2) is 54.3 Å².